The molecule has 2 aromatic rings. The SMILES string of the molecule is CC(C)C(=O)N1CCN(c2ccccc2NC(=S)NC(=O)c2ccccc2F)CC1. The van der Waals surface area contributed by atoms with Crippen LogP contribution in [0.25, 0.3) is 0 Å². The number of piperazine rings is 1. The van der Waals surface area contributed by atoms with Crippen LogP contribution in [0.2, 0.25) is 0 Å². The molecule has 0 spiro atoms. The second-order valence-electron chi connectivity index (χ2n) is 7.37. The molecule has 0 atom stereocenters. The summed E-state index contributed by atoms with van der Waals surface area (Å²) >= 11 is 5.26. The Morgan fingerprint density at radius 2 is 1.63 bits per heavy atom. The van der Waals surface area contributed by atoms with Crippen molar-refractivity contribution in [2.75, 3.05) is 36.4 Å². The summed E-state index contributed by atoms with van der Waals surface area (Å²) < 4.78 is 13.8. The molecule has 1 aliphatic rings. The van der Waals surface area contributed by atoms with Gasteiger partial charge in [-0.05, 0) is 36.5 Å². The summed E-state index contributed by atoms with van der Waals surface area (Å²) in [6.07, 6.45) is 0. The van der Waals surface area contributed by atoms with Gasteiger partial charge in [0.2, 0.25) is 5.91 Å². The third-order valence-corrected chi connectivity index (χ3v) is 5.13. The molecule has 8 heteroatoms. The molecule has 1 aliphatic heterocycles. The van der Waals surface area contributed by atoms with Gasteiger partial charge in [0.1, 0.15) is 5.82 Å². The number of nitrogens with one attached hydrogen (secondary N) is 2. The summed E-state index contributed by atoms with van der Waals surface area (Å²) in [7, 11) is 0. The molecule has 1 heterocycles. The third kappa shape index (κ3) is 5.13. The first-order valence-electron chi connectivity index (χ1n) is 9.86. The predicted molar refractivity (Wildman–Crippen MR) is 120 cm³/mol. The van der Waals surface area contributed by atoms with Crippen LogP contribution in [0.15, 0.2) is 48.5 Å². The fourth-order valence-electron chi connectivity index (χ4n) is 3.36. The second kappa shape index (κ2) is 9.67. The number of hydrogen-bond acceptors (Lipinski definition) is 4. The summed E-state index contributed by atoms with van der Waals surface area (Å²) in [6, 6.07) is 13.4. The summed E-state index contributed by atoms with van der Waals surface area (Å²) in [5.41, 5.74) is 1.59. The largest absolute Gasteiger partial charge is 0.366 e. The molecule has 0 saturated carbocycles. The van der Waals surface area contributed by atoms with E-state index >= 15 is 0 Å². The number of hydrogen-bond donors (Lipinski definition) is 2. The number of amides is 2. The van der Waals surface area contributed by atoms with E-state index in [1.165, 1.54) is 18.2 Å². The standard InChI is InChI=1S/C22H25FN4O2S/c1-15(2)21(29)27-13-11-26(12-14-27)19-10-6-5-9-18(19)24-22(30)25-20(28)16-7-3-4-8-17(16)23/h3-10,15H,11-14H2,1-2H3,(H2,24,25,28,30). The minimum Gasteiger partial charge on any atom is -0.366 e. The average Bonchev–Trinajstić information content (AvgIpc) is 2.74. The summed E-state index contributed by atoms with van der Waals surface area (Å²) in [5, 5.41) is 5.64. The lowest BCUT2D eigenvalue weighted by Gasteiger charge is -2.37. The van der Waals surface area contributed by atoms with Crippen molar-refractivity contribution < 1.29 is 14.0 Å². The zero-order chi connectivity index (χ0) is 21.7. The van der Waals surface area contributed by atoms with Crippen molar-refractivity contribution in [1.82, 2.24) is 10.2 Å². The number of anilines is 2. The number of para-hydroxylation sites is 2. The van der Waals surface area contributed by atoms with E-state index in [0.717, 1.165) is 11.4 Å². The Labute approximate surface area is 181 Å². The van der Waals surface area contributed by atoms with Gasteiger partial charge in [0.25, 0.3) is 5.91 Å². The van der Waals surface area contributed by atoms with Gasteiger partial charge in [0, 0.05) is 32.1 Å². The lowest BCUT2D eigenvalue weighted by molar-refractivity contribution is -0.134. The summed E-state index contributed by atoms with van der Waals surface area (Å²) in [5.74, 6) is -1.06. The molecule has 1 fully saturated rings. The Morgan fingerprint density at radius 3 is 2.30 bits per heavy atom. The van der Waals surface area contributed by atoms with Crippen LogP contribution in [0.1, 0.15) is 24.2 Å². The minimum absolute atomic E-state index is 0.0130. The molecule has 1 saturated heterocycles. The van der Waals surface area contributed by atoms with E-state index in [-0.39, 0.29) is 22.5 Å². The molecule has 2 amide bonds. The van der Waals surface area contributed by atoms with Crippen LogP contribution >= 0.6 is 12.2 Å². The van der Waals surface area contributed by atoms with Crippen LogP contribution in [-0.2, 0) is 4.79 Å². The highest BCUT2D eigenvalue weighted by atomic mass is 32.1. The number of nitrogens with zero attached hydrogens (tertiary/aromatic N) is 2. The monoisotopic (exact) mass is 428 g/mol. The topological polar surface area (TPSA) is 64.7 Å². The van der Waals surface area contributed by atoms with Crippen molar-refractivity contribution in [2.45, 2.75) is 13.8 Å². The number of rotatable bonds is 4. The second-order valence-corrected chi connectivity index (χ2v) is 7.78. The number of carbonyl (C=O) groups excluding carboxylic acids is 2. The highest BCUT2D eigenvalue weighted by Crippen LogP contribution is 2.27. The molecule has 0 aliphatic carbocycles. The van der Waals surface area contributed by atoms with Gasteiger partial charge in [-0.3, -0.25) is 14.9 Å². The van der Waals surface area contributed by atoms with E-state index in [9.17, 15) is 14.0 Å². The molecule has 2 N–H and O–H groups in total. The average molecular weight is 429 g/mol. The lowest BCUT2D eigenvalue weighted by Crippen LogP contribution is -2.50. The van der Waals surface area contributed by atoms with Crippen LogP contribution < -0.4 is 15.5 Å². The van der Waals surface area contributed by atoms with Crippen LogP contribution in [0.5, 0.6) is 0 Å². The zero-order valence-corrected chi connectivity index (χ0v) is 17.8. The van der Waals surface area contributed by atoms with Gasteiger partial charge in [0.05, 0.1) is 16.9 Å². The van der Waals surface area contributed by atoms with Crippen LogP contribution in [-0.4, -0.2) is 48.0 Å². The summed E-state index contributed by atoms with van der Waals surface area (Å²) in [4.78, 5) is 28.5. The van der Waals surface area contributed by atoms with E-state index in [1.54, 1.807) is 6.07 Å². The first-order valence-corrected chi connectivity index (χ1v) is 10.3. The maximum absolute atomic E-state index is 13.8. The highest BCUT2D eigenvalue weighted by molar-refractivity contribution is 7.80. The van der Waals surface area contributed by atoms with Crippen molar-refractivity contribution >= 4 is 40.5 Å². The Balaban J connectivity index is 1.64. The minimum atomic E-state index is -0.608. The van der Waals surface area contributed by atoms with Crippen molar-refractivity contribution in [3.8, 4) is 0 Å². The molecular formula is C22H25FN4O2S. The molecule has 2 aromatic carbocycles. The first kappa shape index (κ1) is 21.7. The fourth-order valence-corrected chi connectivity index (χ4v) is 3.56. The molecule has 0 bridgehead atoms. The first-order chi connectivity index (χ1) is 14.4. The number of carbonyl (C=O) groups is 2. The predicted octanol–water partition coefficient (Wildman–Crippen LogP) is 3.26. The van der Waals surface area contributed by atoms with Crippen molar-refractivity contribution in [3.05, 3.63) is 59.9 Å². The normalized spacial score (nSPS) is 13.9. The molecule has 30 heavy (non-hydrogen) atoms. The maximum Gasteiger partial charge on any atom is 0.260 e. The van der Waals surface area contributed by atoms with Crippen molar-refractivity contribution in [3.63, 3.8) is 0 Å². The van der Waals surface area contributed by atoms with Gasteiger partial charge in [-0.2, -0.15) is 0 Å². The van der Waals surface area contributed by atoms with Gasteiger partial charge in [-0.25, -0.2) is 4.39 Å². The molecule has 6 nitrogen and oxygen atoms in total. The zero-order valence-electron chi connectivity index (χ0n) is 17.0. The maximum atomic E-state index is 13.8. The van der Waals surface area contributed by atoms with Crippen molar-refractivity contribution in [2.24, 2.45) is 5.92 Å². The van der Waals surface area contributed by atoms with Gasteiger partial charge >= 0.3 is 0 Å². The Bertz CT molecular complexity index is 942. The lowest BCUT2D eigenvalue weighted by atomic mass is 10.1. The molecule has 0 radical (unpaired) electrons. The number of thiocarbonyl (C=S) groups is 1. The van der Waals surface area contributed by atoms with Crippen molar-refractivity contribution in [1.29, 1.82) is 0 Å². The van der Waals surface area contributed by atoms with E-state index in [0.29, 0.717) is 26.2 Å². The van der Waals surface area contributed by atoms with Gasteiger partial charge in [-0.1, -0.05) is 38.1 Å². The summed E-state index contributed by atoms with van der Waals surface area (Å²) in [6.45, 7) is 6.52. The highest BCUT2D eigenvalue weighted by Gasteiger charge is 2.24. The molecule has 0 aromatic heterocycles. The third-order valence-electron chi connectivity index (χ3n) is 4.92. The molecular weight excluding hydrogens is 403 g/mol. The van der Waals surface area contributed by atoms with Crippen LogP contribution in [0, 0.1) is 11.7 Å². The Kier molecular flexibility index (Phi) is 6.99. The van der Waals surface area contributed by atoms with Crippen LogP contribution in [0.4, 0.5) is 15.8 Å². The van der Waals surface area contributed by atoms with Gasteiger partial charge < -0.3 is 15.1 Å². The number of benzene rings is 2. The van der Waals surface area contributed by atoms with E-state index < -0.39 is 11.7 Å². The molecule has 158 valence electrons. The van der Waals surface area contributed by atoms with E-state index in [4.69, 9.17) is 12.2 Å². The van der Waals surface area contributed by atoms with Gasteiger partial charge in [0.15, 0.2) is 5.11 Å². The Morgan fingerprint density at radius 1 is 1.00 bits per heavy atom. The fraction of sp³-hybridized carbons (Fsp3) is 0.318. The quantitative estimate of drug-likeness (QED) is 0.732. The number of halogens is 1. The Hall–Kier alpha value is -3.00. The molecule has 0 unspecified atom stereocenters. The van der Waals surface area contributed by atoms with Gasteiger partial charge in [-0.15, -0.1) is 0 Å². The smallest absolute Gasteiger partial charge is 0.260 e. The van der Waals surface area contributed by atoms with E-state index in [2.05, 4.69) is 15.5 Å². The molecule has 3 rings (SSSR count). The van der Waals surface area contributed by atoms with Crippen LogP contribution in [0.3, 0.4) is 0 Å². The van der Waals surface area contributed by atoms with E-state index in [1.807, 2.05) is 43.0 Å².